The monoisotopic (exact) mass is 364 g/mol. The summed E-state index contributed by atoms with van der Waals surface area (Å²) >= 11 is 0. The van der Waals surface area contributed by atoms with Crippen LogP contribution < -0.4 is 10.9 Å². The van der Waals surface area contributed by atoms with Crippen molar-refractivity contribution in [1.82, 2.24) is 9.97 Å². The molecule has 27 heavy (non-hydrogen) atoms. The number of nitrogens with two attached hydrogens (primary N) is 1. The highest BCUT2D eigenvalue weighted by Gasteiger charge is 2.24. The van der Waals surface area contributed by atoms with Crippen molar-refractivity contribution in [2.45, 2.75) is 52.6 Å². The smallest absolute Gasteiger partial charge is 0.258 e. The van der Waals surface area contributed by atoms with Gasteiger partial charge in [-0.15, -0.1) is 0 Å². The van der Waals surface area contributed by atoms with Crippen LogP contribution >= 0.6 is 0 Å². The van der Waals surface area contributed by atoms with Gasteiger partial charge in [-0.1, -0.05) is 64.1 Å². The standard InChI is InChI=1S/C23H29N3O/c1-14(2)17-10-12-18(13-11-17)21(15(3)4)24-16(5)22-25-20-9-7-6-8-19(20)23(27)26-22/h6-16,21,24H,1-5H3,(H,25,26,27)/p+1/t16-,21-/m0/s1. The number of hydrogen-bond acceptors (Lipinski definition) is 2. The first-order valence-electron chi connectivity index (χ1n) is 9.80. The van der Waals surface area contributed by atoms with E-state index in [-0.39, 0.29) is 11.6 Å². The first kappa shape index (κ1) is 19.3. The zero-order valence-electron chi connectivity index (χ0n) is 16.9. The van der Waals surface area contributed by atoms with Gasteiger partial charge in [-0.2, -0.15) is 0 Å². The van der Waals surface area contributed by atoms with E-state index in [1.54, 1.807) is 0 Å². The van der Waals surface area contributed by atoms with Gasteiger partial charge in [-0.3, -0.25) is 4.79 Å². The van der Waals surface area contributed by atoms with Crippen LogP contribution in [0.4, 0.5) is 0 Å². The number of aromatic nitrogens is 2. The Morgan fingerprint density at radius 3 is 2.15 bits per heavy atom. The molecule has 0 unspecified atom stereocenters. The first-order chi connectivity index (χ1) is 12.9. The van der Waals surface area contributed by atoms with Crippen LogP contribution in [-0.4, -0.2) is 9.97 Å². The van der Waals surface area contributed by atoms with Crippen LogP contribution in [0.25, 0.3) is 10.9 Å². The van der Waals surface area contributed by atoms with Crippen molar-refractivity contribution in [3.8, 4) is 0 Å². The van der Waals surface area contributed by atoms with E-state index in [0.717, 1.165) is 11.3 Å². The fraction of sp³-hybridized carbons (Fsp3) is 0.391. The van der Waals surface area contributed by atoms with Gasteiger partial charge in [0.25, 0.3) is 5.56 Å². The molecule has 0 radical (unpaired) electrons. The topological polar surface area (TPSA) is 62.4 Å². The van der Waals surface area contributed by atoms with Crippen LogP contribution in [0.1, 0.15) is 69.6 Å². The summed E-state index contributed by atoms with van der Waals surface area (Å²) in [5.41, 5.74) is 3.34. The zero-order chi connectivity index (χ0) is 19.6. The number of fused-ring (bicyclic) bond motifs is 1. The molecule has 0 saturated heterocycles. The number of benzene rings is 2. The van der Waals surface area contributed by atoms with Crippen LogP contribution in [0.3, 0.4) is 0 Å². The second kappa shape index (κ2) is 8.05. The Hall–Kier alpha value is -2.46. The maximum Gasteiger partial charge on any atom is 0.258 e. The van der Waals surface area contributed by atoms with E-state index in [9.17, 15) is 4.79 Å². The number of hydrogen-bond donors (Lipinski definition) is 2. The third kappa shape index (κ3) is 4.28. The minimum absolute atomic E-state index is 0.0551. The third-order valence-electron chi connectivity index (χ3n) is 5.26. The Balaban J connectivity index is 1.87. The molecule has 0 aliphatic rings. The van der Waals surface area contributed by atoms with Gasteiger partial charge in [0.05, 0.1) is 10.9 Å². The van der Waals surface area contributed by atoms with Crippen molar-refractivity contribution in [1.29, 1.82) is 0 Å². The van der Waals surface area contributed by atoms with Gasteiger partial charge < -0.3 is 10.3 Å². The van der Waals surface area contributed by atoms with E-state index in [1.165, 1.54) is 11.1 Å². The molecule has 4 nitrogen and oxygen atoms in total. The van der Waals surface area contributed by atoms with E-state index in [0.29, 0.717) is 23.3 Å². The van der Waals surface area contributed by atoms with E-state index >= 15 is 0 Å². The lowest BCUT2D eigenvalue weighted by Crippen LogP contribution is -2.87. The minimum atomic E-state index is -0.0711. The fourth-order valence-electron chi connectivity index (χ4n) is 3.54. The minimum Gasteiger partial charge on any atom is -0.331 e. The molecule has 3 aromatic rings. The van der Waals surface area contributed by atoms with Gasteiger partial charge >= 0.3 is 0 Å². The molecule has 1 aromatic heterocycles. The number of nitrogens with zero attached hydrogens (tertiary/aromatic N) is 1. The predicted molar refractivity (Wildman–Crippen MR) is 111 cm³/mol. The second-order valence-electron chi connectivity index (χ2n) is 8.04. The van der Waals surface area contributed by atoms with Gasteiger partial charge in [0.2, 0.25) is 0 Å². The van der Waals surface area contributed by atoms with Crippen LogP contribution in [0.15, 0.2) is 53.3 Å². The first-order valence-corrected chi connectivity index (χ1v) is 9.80. The van der Waals surface area contributed by atoms with Crippen LogP contribution in [0, 0.1) is 5.92 Å². The SMILES string of the molecule is CC(C)c1ccc([C@@H]([NH2+][C@@H](C)c2nc3ccccc3c(=O)[nH]2)C(C)C)cc1. The molecule has 0 spiro atoms. The van der Waals surface area contributed by atoms with Crippen molar-refractivity contribution in [2.24, 2.45) is 5.92 Å². The number of H-pyrrole nitrogens is 1. The highest BCUT2D eigenvalue weighted by Crippen LogP contribution is 2.22. The predicted octanol–water partition coefficient (Wildman–Crippen LogP) is 4.07. The van der Waals surface area contributed by atoms with E-state index in [4.69, 9.17) is 4.98 Å². The molecule has 4 heteroatoms. The highest BCUT2D eigenvalue weighted by atomic mass is 16.1. The van der Waals surface area contributed by atoms with E-state index < -0.39 is 0 Å². The molecule has 2 aromatic carbocycles. The van der Waals surface area contributed by atoms with Gasteiger partial charge in [-0.05, 0) is 30.5 Å². The number of para-hydroxylation sites is 1. The van der Waals surface area contributed by atoms with Crippen molar-refractivity contribution < 1.29 is 5.32 Å². The second-order valence-corrected chi connectivity index (χ2v) is 8.04. The summed E-state index contributed by atoms with van der Waals surface area (Å²) in [7, 11) is 0. The molecule has 3 N–H and O–H groups in total. The lowest BCUT2D eigenvalue weighted by molar-refractivity contribution is -0.738. The Bertz CT molecular complexity index is 957. The number of nitrogens with one attached hydrogen (secondary N) is 1. The average molecular weight is 365 g/mol. The van der Waals surface area contributed by atoms with Crippen LogP contribution in [-0.2, 0) is 0 Å². The van der Waals surface area contributed by atoms with Crippen molar-refractivity contribution in [3.63, 3.8) is 0 Å². The summed E-state index contributed by atoms with van der Waals surface area (Å²) < 4.78 is 0. The average Bonchev–Trinajstić information content (AvgIpc) is 2.65. The maximum absolute atomic E-state index is 12.4. The Morgan fingerprint density at radius 1 is 0.889 bits per heavy atom. The summed E-state index contributed by atoms with van der Waals surface area (Å²) in [5, 5.41) is 2.94. The summed E-state index contributed by atoms with van der Waals surface area (Å²) in [5.74, 6) is 1.72. The lowest BCUT2D eigenvalue weighted by atomic mass is 9.93. The van der Waals surface area contributed by atoms with Crippen LogP contribution in [0.5, 0.6) is 0 Å². The molecule has 0 amide bonds. The van der Waals surface area contributed by atoms with Crippen molar-refractivity contribution in [2.75, 3.05) is 0 Å². The Morgan fingerprint density at radius 2 is 1.52 bits per heavy atom. The summed E-state index contributed by atoms with van der Waals surface area (Å²) in [6.45, 7) is 11.0. The molecule has 0 aliphatic heterocycles. The van der Waals surface area contributed by atoms with E-state index in [2.05, 4.69) is 69.2 Å². The summed E-state index contributed by atoms with van der Waals surface area (Å²) in [4.78, 5) is 20.0. The Kier molecular flexibility index (Phi) is 5.76. The molecule has 0 bridgehead atoms. The van der Waals surface area contributed by atoms with Gasteiger partial charge in [0.1, 0.15) is 12.1 Å². The van der Waals surface area contributed by atoms with E-state index in [1.807, 2.05) is 24.3 Å². The Labute approximate surface area is 161 Å². The molecule has 3 rings (SSSR count). The molecule has 0 saturated carbocycles. The van der Waals surface area contributed by atoms with Gasteiger partial charge in [0.15, 0.2) is 5.82 Å². The molecule has 0 fully saturated rings. The molecular formula is C23H30N3O+. The summed E-state index contributed by atoms with van der Waals surface area (Å²) in [6, 6.07) is 16.8. The zero-order valence-corrected chi connectivity index (χ0v) is 16.9. The molecule has 1 heterocycles. The molecular weight excluding hydrogens is 334 g/mol. The van der Waals surface area contributed by atoms with Gasteiger partial charge in [0, 0.05) is 11.5 Å². The lowest BCUT2D eigenvalue weighted by Gasteiger charge is -2.23. The normalized spacial score (nSPS) is 14.0. The van der Waals surface area contributed by atoms with Gasteiger partial charge in [-0.25, -0.2) is 4.98 Å². The molecule has 142 valence electrons. The number of quaternary nitrogens is 1. The molecule has 0 aliphatic carbocycles. The number of aromatic amines is 1. The summed E-state index contributed by atoms with van der Waals surface area (Å²) in [6.07, 6.45) is 0. The maximum atomic E-state index is 12.4. The fourth-order valence-corrected chi connectivity index (χ4v) is 3.54. The number of rotatable bonds is 6. The molecule has 2 atom stereocenters. The van der Waals surface area contributed by atoms with Crippen molar-refractivity contribution >= 4 is 10.9 Å². The van der Waals surface area contributed by atoms with Crippen LogP contribution in [0.2, 0.25) is 0 Å². The quantitative estimate of drug-likeness (QED) is 0.693. The third-order valence-corrected chi connectivity index (χ3v) is 5.26. The largest absolute Gasteiger partial charge is 0.331 e. The van der Waals surface area contributed by atoms with Crippen molar-refractivity contribution in [3.05, 3.63) is 75.8 Å². The highest BCUT2D eigenvalue weighted by molar-refractivity contribution is 5.77.